The van der Waals surface area contributed by atoms with E-state index in [-0.39, 0.29) is 5.91 Å². The van der Waals surface area contributed by atoms with Gasteiger partial charge in [0.05, 0.1) is 17.3 Å². The molecule has 0 spiro atoms. The molecular formula is C18H19ClN2O. The maximum absolute atomic E-state index is 12.3. The van der Waals surface area contributed by atoms with E-state index in [0.717, 1.165) is 19.4 Å². The maximum atomic E-state index is 12.3. The molecule has 0 aromatic heterocycles. The van der Waals surface area contributed by atoms with Crippen molar-refractivity contribution in [2.75, 3.05) is 18.4 Å². The van der Waals surface area contributed by atoms with Crippen LogP contribution in [0, 0.1) is 0 Å². The quantitative estimate of drug-likeness (QED) is 0.921. The largest absolute Gasteiger partial charge is 0.324 e. The molecule has 1 atom stereocenters. The molecule has 1 heterocycles. The normalized spacial score (nSPS) is 18.3. The number of carbonyl (C=O) groups excluding carboxylic acids is 1. The van der Waals surface area contributed by atoms with Crippen LogP contribution in [0.4, 0.5) is 5.69 Å². The van der Waals surface area contributed by atoms with Gasteiger partial charge in [-0.3, -0.25) is 9.69 Å². The van der Waals surface area contributed by atoms with Crippen LogP contribution in [0.1, 0.15) is 24.4 Å². The summed E-state index contributed by atoms with van der Waals surface area (Å²) in [4.78, 5) is 14.5. The van der Waals surface area contributed by atoms with Gasteiger partial charge in [0.1, 0.15) is 0 Å². The summed E-state index contributed by atoms with van der Waals surface area (Å²) in [6.45, 7) is 1.35. The van der Waals surface area contributed by atoms with Gasteiger partial charge in [0.25, 0.3) is 0 Å². The van der Waals surface area contributed by atoms with Gasteiger partial charge in [-0.1, -0.05) is 54.1 Å². The number of benzene rings is 2. The van der Waals surface area contributed by atoms with E-state index in [1.165, 1.54) is 5.56 Å². The fraction of sp³-hybridized carbons (Fsp3) is 0.278. The number of likely N-dealkylation sites (tertiary alicyclic amines) is 1. The second-order valence-corrected chi connectivity index (χ2v) is 5.97. The lowest BCUT2D eigenvalue weighted by Crippen LogP contribution is -2.33. The zero-order valence-electron chi connectivity index (χ0n) is 12.3. The van der Waals surface area contributed by atoms with Gasteiger partial charge in [0.15, 0.2) is 0 Å². The lowest BCUT2D eigenvalue weighted by atomic mass is 10.0. The van der Waals surface area contributed by atoms with E-state index < -0.39 is 0 Å². The Hall–Kier alpha value is -1.84. The van der Waals surface area contributed by atoms with Crippen molar-refractivity contribution in [2.24, 2.45) is 0 Å². The molecule has 2 aromatic carbocycles. The molecule has 3 rings (SSSR count). The molecule has 1 aliphatic heterocycles. The molecule has 114 valence electrons. The number of nitrogens with one attached hydrogen (secondary N) is 1. The Morgan fingerprint density at radius 1 is 1.14 bits per heavy atom. The van der Waals surface area contributed by atoms with E-state index in [4.69, 9.17) is 11.6 Å². The molecule has 1 N–H and O–H groups in total. The third kappa shape index (κ3) is 3.49. The topological polar surface area (TPSA) is 32.3 Å². The van der Waals surface area contributed by atoms with Gasteiger partial charge in [0, 0.05) is 6.04 Å². The summed E-state index contributed by atoms with van der Waals surface area (Å²) in [5.41, 5.74) is 1.95. The van der Waals surface area contributed by atoms with Gasteiger partial charge in [0.2, 0.25) is 5.91 Å². The summed E-state index contributed by atoms with van der Waals surface area (Å²) in [5, 5.41) is 3.46. The van der Waals surface area contributed by atoms with Crippen LogP contribution < -0.4 is 5.32 Å². The zero-order valence-corrected chi connectivity index (χ0v) is 13.1. The number of carbonyl (C=O) groups is 1. The number of hydrogen-bond acceptors (Lipinski definition) is 2. The lowest BCUT2D eigenvalue weighted by Gasteiger charge is -2.24. The van der Waals surface area contributed by atoms with Gasteiger partial charge >= 0.3 is 0 Å². The first-order valence-corrected chi connectivity index (χ1v) is 7.95. The number of nitrogens with zero attached hydrogens (tertiary/aromatic N) is 1. The highest BCUT2D eigenvalue weighted by molar-refractivity contribution is 6.33. The molecule has 2 aromatic rings. The number of hydrogen-bond donors (Lipinski definition) is 1. The number of amides is 1. The minimum Gasteiger partial charge on any atom is -0.324 e. The van der Waals surface area contributed by atoms with Crippen LogP contribution in [0.2, 0.25) is 5.02 Å². The molecule has 4 heteroatoms. The predicted molar refractivity (Wildman–Crippen MR) is 90.1 cm³/mol. The highest BCUT2D eigenvalue weighted by Crippen LogP contribution is 2.31. The number of para-hydroxylation sites is 1. The molecular weight excluding hydrogens is 296 g/mol. The Bertz CT molecular complexity index is 645. The Morgan fingerprint density at radius 2 is 1.86 bits per heavy atom. The smallest absolute Gasteiger partial charge is 0.238 e. The Labute approximate surface area is 135 Å². The third-order valence-corrected chi connectivity index (χ3v) is 4.37. The summed E-state index contributed by atoms with van der Waals surface area (Å²) >= 11 is 6.08. The lowest BCUT2D eigenvalue weighted by molar-refractivity contribution is -0.117. The first-order valence-electron chi connectivity index (χ1n) is 7.57. The van der Waals surface area contributed by atoms with Gasteiger partial charge in [-0.05, 0) is 37.1 Å². The minimum absolute atomic E-state index is 0.0177. The van der Waals surface area contributed by atoms with Crippen LogP contribution in [0.25, 0.3) is 0 Å². The van der Waals surface area contributed by atoms with E-state index in [1.54, 1.807) is 6.07 Å². The summed E-state index contributed by atoms with van der Waals surface area (Å²) < 4.78 is 0. The summed E-state index contributed by atoms with van der Waals surface area (Å²) in [5.74, 6) is -0.0177. The van der Waals surface area contributed by atoms with Crippen molar-refractivity contribution >= 4 is 23.2 Å². The summed E-state index contributed by atoms with van der Waals surface area (Å²) in [7, 11) is 0. The minimum atomic E-state index is -0.0177. The maximum Gasteiger partial charge on any atom is 0.238 e. The van der Waals surface area contributed by atoms with Crippen molar-refractivity contribution in [3.05, 3.63) is 65.2 Å². The third-order valence-electron chi connectivity index (χ3n) is 4.04. The molecule has 3 nitrogen and oxygen atoms in total. The highest BCUT2D eigenvalue weighted by Gasteiger charge is 2.27. The zero-order chi connectivity index (χ0) is 15.4. The van der Waals surface area contributed by atoms with Gasteiger partial charge in [-0.15, -0.1) is 0 Å². The standard InChI is InChI=1S/C18H19ClN2O/c19-15-9-4-5-10-16(15)20-18(22)13-21-12-6-11-17(21)14-7-2-1-3-8-14/h1-5,7-10,17H,6,11-13H2,(H,20,22). The molecule has 22 heavy (non-hydrogen) atoms. The number of halogens is 1. The molecule has 1 aliphatic rings. The van der Waals surface area contributed by atoms with Crippen LogP contribution in [0.5, 0.6) is 0 Å². The molecule has 0 radical (unpaired) electrons. The van der Waals surface area contributed by atoms with E-state index in [1.807, 2.05) is 24.3 Å². The average molecular weight is 315 g/mol. The van der Waals surface area contributed by atoms with Crippen LogP contribution >= 0.6 is 11.6 Å². The second-order valence-electron chi connectivity index (χ2n) is 5.57. The van der Waals surface area contributed by atoms with E-state index >= 15 is 0 Å². The SMILES string of the molecule is O=C(CN1CCCC1c1ccccc1)Nc1ccccc1Cl. The molecule has 0 saturated carbocycles. The molecule has 1 fully saturated rings. The van der Waals surface area contributed by atoms with Crippen molar-refractivity contribution in [3.63, 3.8) is 0 Å². The van der Waals surface area contributed by atoms with E-state index in [9.17, 15) is 4.79 Å². The highest BCUT2D eigenvalue weighted by atomic mass is 35.5. The number of anilines is 1. The van der Waals surface area contributed by atoms with Crippen LogP contribution in [0.3, 0.4) is 0 Å². The molecule has 0 aliphatic carbocycles. The molecule has 1 amide bonds. The Morgan fingerprint density at radius 3 is 2.64 bits per heavy atom. The van der Waals surface area contributed by atoms with Crippen molar-refractivity contribution in [1.29, 1.82) is 0 Å². The van der Waals surface area contributed by atoms with Crippen molar-refractivity contribution < 1.29 is 4.79 Å². The van der Waals surface area contributed by atoms with Gasteiger partial charge < -0.3 is 5.32 Å². The molecule has 0 bridgehead atoms. The first kappa shape index (κ1) is 15.1. The van der Waals surface area contributed by atoms with E-state index in [0.29, 0.717) is 23.3 Å². The predicted octanol–water partition coefficient (Wildman–Crippen LogP) is 4.12. The Balaban J connectivity index is 1.65. The van der Waals surface area contributed by atoms with Crippen LogP contribution in [-0.4, -0.2) is 23.9 Å². The summed E-state index contributed by atoms with van der Waals surface area (Å²) in [6, 6.07) is 18.0. The fourth-order valence-electron chi connectivity index (χ4n) is 3.00. The second kappa shape index (κ2) is 6.95. The first-order chi connectivity index (χ1) is 10.7. The fourth-order valence-corrected chi connectivity index (χ4v) is 3.19. The monoisotopic (exact) mass is 314 g/mol. The molecule has 1 saturated heterocycles. The number of rotatable bonds is 4. The Kier molecular flexibility index (Phi) is 4.76. The van der Waals surface area contributed by atoms with Crippen molar-refractivity contribution in [3.8, 4) is 0 Å². The average Bonchev–Trinajstić information content (AvgIpc) is 2.98. The van der Waals surface area contributed by atoms with Crippen molar-refractivity contribution in [2.45, 2.75) is 18.9 Å². The van der Waals surface area contributed by atoms with Crippen molar-refractivity contribution in [1.82, 2.24) is 4.90 Å². The van der Waals surface area contributed by atoms with Gasteiger partial charge in [-0.25, -0.2) is 0 Å². The van der Waals surface area contributed by atoms with Crippen LogP contribution in [-0.2, 0) is 4.79 Å². The molecule has 1 unspecified atom stereocenters. The van der Waals surface area contributed by atoms with Crippen LogP contribution in [0.15, 0.2) is 54.6 Å². The summed E-state index contributed by atoms with van der Waals surface area (Å²) in [6.07, 6.45) is 2.22. The van der Waals surface area contributed by atoms with E-state index in [2.05, 4.69) is 34.5 Å². The van der Waals surface area contributed by atoms with Gasteiger partial charge in [-0.2, -0.15) is 0 Å².